The van der Waals surface area contributed by atoms with Gasteiger partial charge in [-0.25, -0.2) is 0 Å². The van der Waals surface area contributed by atoms with E-state index in [2.05, 4.69) is 31.1 Å². The second-order valence-electron chi connectivity index (χ2n) is 4.37. The summed E-state index contributed by atoms with van der Waals surface area (Å²) in [5.41, 5.74) is 1.93. The minimum Gasteiger partial charge on any atom is -0.361 e. The molecule has 0 aliphatic heterocycles. The third kappa shape index (κ3) is 3.54. The molecule has 0 aliphatic rings. The first-order chi connectivity index (χ1) is 7.04. The summed E-state index contributed by atoms with van der Waals surface area (Å²) in [6.45, 7) is 6.24. The predicted octanol–water partition coefficient (Wildman–Crippen LogP) is 3.07. The molecule has 0 radical (unpaired) electrons. The van der Waals surface area contributed by atoms with Crippen molar-refractivity contribution in [2.75, 3.05) is 5.32 Å². The molecular formula is C12H17N3. The summed E-state index contributed by atoms with van der Waals surface area (Å²) in [6, 6.07) is 3.78. The van der Waals surface area contributed by atoms with Gasteiger partial charge in [0.25, 0.3) is 0 Å². The Balaban J connectivity index is 2.76. The molecule has 0 amide bonds. The second-order valence-corrected chi connectivity index (χ2v) is 4.37. The van der Waals surface area contributed by atoms with E-state index < -0.39 is 0 Å². The van der Waals surface area contributed by atoms with E-state index >= 15 is 0 Å². The van der Waals surface area contributed by atoms with Crippen molar-refractivity contribution in [1.82, 2.24) is 4.98 Å². The number of aromatic nitrogens is 1. The Morgan fingerprint density at radius 2 is 1.93 bits per heavy atom. The molecular weight excluding hydrogens is 186 g/mol. The van der Waals surface area contributed by atoms with Crippen LogP contribution in [0.4, 0.5) is 5.69 Å². The lowest BCUT2D eigenvalue weighted by Crippen LogP contribution is -2.11. The number of hydrogen-bond acceptors (Lipinski definition) is 3. The van der Waals surface area contributed by atoms with Crippen molar-refractivity contribution in [2.45, 2.75) is 20.8 Å². The smallest absolute Gasteiger partial charge is 0.0410 e. The topological polar surface area (TPSA) is 48.8 Å². The highest BCUT2D eigenvalue weighted by atomic mass is 14.8. The molecule has 0 unspecified atom stereocenters. The van der Waals surface area contributed by atoms with Gasteiger partial charge in [0.05, 0.1) is 0 Å². The number of anilines is 1. The van der Waals surface area contributed by atoms with Crippen molar-refractivity contribution in [2.24, 2.45) is 5.41 Å². The number of allylic oxidation sites excluding steroid dienone is 1. The molecule has 0 aliphatic carbocycles. The first-order valence-corrected chi connectivity index (χ1v) is 4.92. The zero-order chi connectivity index (χ0) is 11.3. The first kappa shape index (κ1) is 11.4. The Hall–Kier alpha value is -1.64. The summed E-state index contributed by atoms with van der Waals surface area (Å²) in [6.07, 6.45) is 6.71. The second kappa shape index (κ2) is 4.73. The molecule has 0 atom stereocenters. The number of hydrogen-bond donors (Lipinski definition) is 2. The molecule has 1 heterocycles. The zero-order valence-electron chi connectivity index (χ0n) is 9.41. The van der Waals surface area contributed by atoms with E-state index in [1.807, 2.05) is 18.3 Å². The van der Waals surface area contributed by atoms with Gasteiger partial charge in [-0.3, -0.25) is 4.98 Å². The van der Waals surface area contributed by atoms with E-state index in [4.69, 9.17) is 5.41 Å². The molecule has 0 spiro atoms. The average molecular weight is 203 g/mol. The SMILES string of the molecule is CC(C)(C)/C(C=N)=C/Nc1ccncc1. The third-order valence-corrected chi connectivity index (χ3v) is 2.10. The van der Waals surface area contributed by atoms with Crippen LogP contribution in [0.3, 0.4) is 0 Å². The molecule has 3 heteroatoms. The van der Waals surface area contributed by atoms with E-state index in [9.17, 15) is 0 Å². The monoisotopic (exact) mass is 203 g/mol. The predicted molar refractivity (Wildman–Crippen MR) is 64.2 cm³/mol. The summed E-state index contributed by atoms with van der Waals surface area (Å²) < 4.78 is 0. The molecule has 0 saturated heterocycles. The maximum absolute atomic E-state index is 7.34. The van der Waals surface area contributed by atoms with Crippen molar-refractivity contribution in [1.29, 1.82) is 5.41 Å². The molecule has 3 nitrogen and oxygen atoms in total. The van der Waals surface area contributed by atoms with Crippen LogP contribution in [-0.2, 0) is 0 Å². The highest BCUT2D eigenvalue weighted by Gasteiger charge is 2.14. The van der Waals surface area contributed by atoms with Crippen LogP contribution in [0.15, 0.2) is 36.3 Å². The zero-order valence-corrected chi connectivity index (χ0v) is 9.41. The lowest BCUT2D eigenvalue weighted by atomic mass is 9.88. The summed E-state index contributed by atoms with van der Waals surface area (Å²) in [5, 5.41) is 10.5. The fraction of sp³-hybridized carbons (Fsp3) is 0.333. The standard InChI is InChI=1S/C12H17N3/c1-12(2,3)10(8-13)9-15-11-4-6-14-7-5-11/h4-9,13H,1-3H3,(H,14,15)/b10-9+,13-8?. The average Bonchev–Trinajstić information content (AvgIpc) is 2.18. The van der Waals surface area contributed by atoms with E-state index in [0.29, 0.717) is 0 Å². The molecule has 15 heavy (non-hydrogen) atoms. The van der Waals surface area contributed by atoms with E-state index in [0.717, 1.165) is 11.3 Å². The van der Waals surface area contributed by atoms with Crippen LogP contribution in [0.5, 0.6) is 0 Å². The van der Waals surface area contributed by atoms with Crippen molar-refractivity contribution in [3.63, 3.8) is 0 Å². The number of pyridine rings is 1. The fourth-order valence-electron chi connectivity index (χ4n) is 1.08. The van der Waals surface area contributed by atoms with Crippen LogP contribution >= 0.6 is 0 Å². The van der Waals surface area contributed by atoms with Gasteiger partial charge in [0, 0.05) is 30.5 Å². The van der Waals surface area contributed by atoms with Crippen LogP contribution in [0.2, 0.25) is 0 Å². The lowest BCUT2D eigenvalue weighted by Gasteiger charge is -2.19. The van der Waals surface area contributed by atoms with E-state index in [1.54, 1.807) is 12.4 Å². The highest BCUT2D eigenvalue weighted by molar-refractivity contribution is 5.78. The normalized spacial score (nSPS) is 12.3. The first-order valence-electron chi connectivity index (χ1n) is 4.92. The van der Waals surface area contributed by atoms with Crippen molar-refractivity contribution in [3.05, 3.63) is 36.3 Å². The minimum atomic E-state index is -0.0121. The summed E-state index contributed by atoms with van der Waals surface area (Å²) >= 11 is 0. The van der Waals surface area contributed by atoms with Gasteiger partial charge in [0.15, 0.2) is 0 Å². The van der Waals surface area contributed by atoms with Crippen LogP contribution in [0, 0.1) is 10.8 Å². The lowest BCUT2D eigenvalue weighted by molar-refractivity contribution is 0.526. The largest absolute Gasteiger partial charge is 0.361 e. The Morgan fingerprint density at radius 1 is 1.33 bits per heavy atom. The molecule has 1 aromatic rings. The Labute approximate surface area is 90.8 Å². The summed E-state index contributed by atoms with van der Waals surface area (Å²) in [4.78, 5) is 3.94. The molecule has 0 bridgehead atoms. The van der Waals surface area contributed by atoms with Crippen LogP contribution in [0.25, 0.3) is 0 Å². The fourth-order valence-corrected chi connectivity index (χ4v) is 1.08. The molecule has 1 aromatic heterocycles. The summed E-state index contributed by atoms with van der Waals surface area (Å²) in [7, 11) is 0. The van der Waals surface area contributed by atoms with Gasteiger partial charge >= 0.3 is 0 Å². The van der Waals surface area contributed by atoms with Crippen molar-refractivity contribution in [3.8, 4) is 0 Å². The maximum atomic E-state index is 7.34. The van der Waals surface area contributed by atoms with Crippen molar-refractivity contribution < 1.29 is 0 Å². The quantitative estimate of drug-likeness (QED) is 0.742. The molecule has 1 rings (SSSR count). The number of nitrogens with one attached hydrogen (secondary N) is 2. The number of rotatable bonds is 3. The van der Waals surface area contributed by atoms with Gasteiger partial charge in [-0.1, -0.05) is 20.8 Å². The minimum absolute atomic E-state index is 0.0121. The van der Waals surface area contributed by atoms with Gasteiger partial charge in [0.2, 0.25) is 0 Å². The van der Waals surface area contributed by atoms with Crippen LogP contribution in [-0.4, -0.2) is 11.2 Å². The van der Waals surface area contributed by atoms with Gasteiger partial charge in [-0.15, -0.1) is 0 Å². The molecule has 0 saturated carbocycles. The maximum Gasteiger partial charge on any atom is 0.0410 e. The van der Waals surface area contributed by atoms with Crippen molar-refractivity contribution >= 4 is 11.9 Å². The Kier molecular flexibility index (Phi) is 3.61. The molecule has 80 valence electrons. The Morgan fingerprint density at radius 3 is 2.40 bits per heavy atom. The van der Waals surface area contributed by atoms with Gasteiger partial charge < -0.3 is 10.7 Å². The van der Waals surface area contributed by atoms with Gasteiger partial charge in [-0.2, -0.15) is 0 Å². The highest BCUT2D eigenvalue weighted by Crippen LogP contribution is 2.23. The molecule has 0 aromatic carbocycles. The van der Waals surface area contributed by atoms with Gasteiger partial charge in [0.1, 0.15) is 0 Å². The molecule has 2 N–H and O–H groups in total. The van der Waals surface area contributed by atoms with E-state index in [1.165, 1.54) is 6.21 Å². The van der Waals surface area contributed by atoms with E-state index in [-0.39, 0.29) is 5.41 Å². The van der Waals surface area contributed by atoms with Gasteiger partial charge in [-0.05, 0) is 23.1 Å². The number of nitrogens with zero attached hydrogens (tertiary/aromatic N) is 1. The molecule has 0 fully saturated rings. The Bertz CT molecular complexity index is 347. The third-order valence-electron chi connectivity index (χ3n) is 2.10. The van der Waals surface area contributed by atoms with Crippen LogP contribution < -0.4 is 5.32 Å². The van der Waals surface area contributed by atoms with Crippen LogP contribution in [0.1, 0.15) is 20.8 Å². The summed E-state index contributed by atoms with van der Waals surface area (Å²) in [5.74, 6) is 0.